The maximum absolute atomic E-state index is 13.3. The van der Waals surface area contributed by atoms with Crippen molar-refractivity contribution < 1.29 is 19.1 Å². The quantitative estimate of drug-likeness (QED) is 0.660. The van der Waals surface area contributed by atoms with E-state index >= 15 is 0 Å². The summed E-state index contributed by atoms with van der Waals surface area (Å²) in [6.07, 6.45) is 6.05. The minimum atomic E-state index is -0.201. The van der Waals surface area contributed by atoms with Crippen LogP contribution in [0.5, 0.6) is 5.75 Å². The second-order valence-corrected chi connectivity index (χ2v) is 8.00. The zero-order valence-corrected chi connectivity index (χ0v) is 17.2. The Kier molecular flexibility index (Phi) is 6.19. The molecule has 0 aromatic heterocycles. The predicted molar refractivity (Wildman–Crippen MR) is 110 cm³/mol. The molecule has 1 aromatic carbocycles. The zero-order chi connectivity index (χ0) is 20.2. The van der Waals surface area contributed by atoms with Crippen LogP contribution in [0.15, 0.2) is 30.0 Å². The number of benzene rings is 1. The Hall–Kier alpha value is -2.34. The van der Waals surface area contributed by atoms with E-state index in [1.165, 1.54) is 11.3 Å². The van der Waals surface area contributed by atoms with E-state index in [4.69, 9.17) is 9.47 Å². The molecular weight excluding hydrogens is 368 g/mol. The van der Waals surface area contributed by atoms with Crippen LogP contribution >= 0.6 is 0 Å². The van der Waals surface area contributed by atoms with Gasteiger partial charge in [-0.15, -0.1) is 0 Å². The van der Waals surface area contributed by atoms with Gasteiger partial charge in [0.05, 0.1) is 24.8 Å². The summed E-state index contributed by atoms with van der Waals surface area (Å²) >= 11 is 0. The number of carbonyl (C=O) groups is 2. The van der Waals surface area contributed by atoms with Crippen LogP contribution < -0.4 is 4.74 Å². The van der Waals surface area contributed by atoms with E-state index in [1.807, 2.05) is 24.3 Å². The van der Waals surface area contributed by atoms with E-state index in [2.05, 4.69) is 11.8 Å². The summed E-state index contributed by atoms with van der Waals surface area (Å²) in [5.74, 6) is 0.408. The lowest BCUT2D eigenvalue weighted by Gasteiger charge is -2.30. The molecule has 0 N–H and O–H groups in total. The molecule has 0 spiro atoms. The molecule has 0 bridgehead atoms. The van der Waals surface area contributed by atoms with Gasteiger partial charge in [0.15, 0.2) is 0 Å². The first kappa shape index (κ1) is 20.0. The fourth-order valence-electron chi connectivity index (χ4n) is 4.33. The Balaban J connectivity index is 1.64. The van der Waals surface area contributed by atoms with Gasteiger partial charge >= 0.3 is 0 Å². The fourth-order valence-corrected chi connectivity index (χ4v) is 4.33. The SMILES string of the molecule is CCCOc1ccc(C2=C(N3CCCCC3)C(=O)N(CC3CCCO3)C2=O)cc1. The van der Waals surface area contributed by atoms with Crippen LogP contribution in [0.3, 0.4) is 0 Å². The average molecular weight is 399 g/mol. The number of rotatable bonds is 7. The summed E-state index contributed by atoms with van der Waals surface area (Å²) in [4.78, 5) is 30.2. The number of amides is 2. The first-order valence-electron chi connectivity index (χ1n) is 10.9. The van der Waals surface area contributed by atoms with Crippen LogP contribution in [-0.2, 0) is 14.3 Å². The highest BCUT2D eigenvalue weighted by Gasteiger charge is 2.42. The second-order valence-electron chi connectivity index (χ2n) is 8.00. The number of hydrogen-bond donors (Lipinski definition) is 0. The Morgan fingerprint density at radius 3 is 2.45 bits per heavy atom. The van der Waals surface area contributed by atoms with Gasteiger partial charge in [0.1, 0.15) is 11.4 Å². The van der Waals surface area contributed by atoms with Crippen LogP contribution in [0.2, 0.25) is 0 Å². The summed E-state index contributed by atoms with van der Waals surface area (Å²) < 4.78 is 11.4. The van der Waals surface area contributed by atoms with Crippen molar-refractivity contribution >= 4 is 17.4 Å². The molecule has 29 heavy (non-hydrogen) atoms. The highest BCUT2D eigenvalue weighted by Crippen LogP contribution is 2.34. The number of likely N-dealkylation sites (tertiary alicyclic amines) is 1. The summed E-state index contributed by atoms with van der Waals surface area (Å²) in [5, 5.41) is 0. The van der Waals surface area contributed by atoms with Crippen molar-refractivity contribution in [2.75, 3.05) is 32.8 Å². The molecule has 156 valence electrons. The van der Waals surface area contributed by atoms with E-state index in [9.17, 15) is 9.59 Å². The smallest absolute Gasteiger partial charge is 0.277 e. The molecule has 0 saturated carbocycles. The fraction of sp³-hybridized carbons (Fsp3) is 0.565. The molecule has 3 heterocycles. The molecular formula is C23H30N2O4. The Morgan fingerprint density at radius 1 is 1.03 bits per heavy atom. The maximum atomic E-state index is 13.3. The highest BCUT2D eigenvalue weighted by atomic mass is 16.5. The van der Waals surface area contributed by atoms with Gasteiger partial charge in [-0.25, -0.2) is 0 Å². The summed E-state index contributed by atoms with van der Waals surface area (Å²) in [7, 11) is 0. The van der Waals surface area contributed by atoms with Crippen molar-refractivity contribution in [1.82, 2.24) is 9.80 Å². The molecule has 3 aliphatic rings. The van der Waals surface area contributed by atoms with Gasteiger partial charge in [0.2, 0.25) is 0 Å². The zero-order valence-electron chi connectivity index (χ0n) is 17.2. The minimum absolute atomic E-state index is 0.0466. The number of nitrogens with zero attached hydrogens (tertiary/aromatic N) is 2. The molecule has 0 radical (unpaired) electrons. The Bertz CT molecular complexity index is 775. The second kappa shape index (κ2) is 8.99. The number of piperidine rings is 1. The van der Waals surface area contributed by atoms with Crippen LogP contribution in [-0.4, -0.2) is 60.6 Å². The van der Waals surface area contributed by atoms with Crippen molar-refractivity contribution in [3.63, 3.8) is 0 Å². The van der Waals surface area contributed by atoms with Crippen molar-refractivity contribution in [1.29, 1.82) is 0 Å². The molecule has 0 aliphatic carbocycles. The van der Waals surface area contributed by atoms with E-state index in [0.717, 1.165) is 56.5 Å². The van der Waals surface area contributed by atoms with Crippen molar-refractivity contribution in [2.24, 2.45) is 0 Å². The molecule has 6 heteroatoms. The molecule has 2 fully saturated rings. The van der Waals surface area contributed by atoms with Crippen LogP contribution in [0, 0.1) is 0 Å². The lowest BCUT2D eigenvalue weighted by atomic mass is 10.0. The molecule has 3 aliphatic heterocycles. The van der Waals surface area contributed by atoms with Gasteiger partial charge in [-0.1, -0.05) is 19.1 Å². The van der Waals surface area contributed by atoms with Gasteiger partial charge in [0.25, 0.3) is 11.8 Å². The first-order valence-corrected chi connectivity index (χ1v) is 10.9. The lowest BCUT2D eigenvalue weighted by Crippen LogP contribution is -2.40. The van der Waals surface area contributed by atoms with Crippen LogP contribution in [0.25, 0.3) is 5.57 Å². The molecule has 2 amide bonds. The normalized spacial score (nSPS) is 22.7. The molecule has 2 saturated heterocycles. The largest absolute Gasteiger partial charge is 0.494 e. The predicted octanol–water partition coefficient (Wildman–Crippen LogP) is 3.22. The Morgan fingerprint density at radius 2 is 1.79 bits per heavy atom. The van der Waals surface area contributed by atoms with Gasteiger partial charge in [0, 0.05) is 19.7 Å². The Labute approximate surface area is 172 Å². The van der Waals surface area contributed by atoms with Crippen molar-refractivity contribution in [3.05, 3.63) is 35.5 Å². The number of carbonyl (C=O) groups excluding carboxylic acids is 2. The highest BCUT2D eigenvalue weighted by molar-refractivity contribution is 6.35. The third-order valence-electron chi connectivity index (χ3n) is 5.84. The topological polar surface area (TPSA) is 59.1 Å². The van der Waals surface area contributed by atoms with E-state index in [-0.39, 0.29) is 17.9 Å². The number of hydrogen-bond acceptors (Lipinski definition) is 5. The van der Waals surface area contributed by atoms with E-state index < -0.39 is 0 Å². The van der Waals surface area contributed by atoms with Crippen LogP contribution in [0.1, 0.15) is 51.0 Å². The molecule has 6 nitrogen and oxygen atoms in total. The van der Waals surface area contributed by atoms with Crippen molar-refractivity contribution in [3.8, 4) is 5.75 Å². The average Bonchev–Trinajstić information content (AvgIpc) is 3.35. The summed E-state index contributed by atoms with van der Waals surface area (Å²) in [6.45, 7) is 5.42. The van der Waals surface area contributed by atoms with Gasteiger partial charge in [-0.2, -0.15) is 0 Å². The monoisotopic (exact) mass is 398 g/mol. The standard InChI is InChI=1S/C23H30N2O4/c1-2-14-28-18-10-8-17(9-11-18)20-21(24-12-4-3-5-13-24)23(27)25(22(20)26)16-19-7-6-15-29-19/h8-11,19H,2-7,12-16H2,1H3. The van der Waals surface area contributed by atoms with E-state index in [0.29, 0.717) is 31.0 Å². The van der Waals surface area contributed by atoms with Crippen molar-refractivity contribution in [2.45, 2.75) is 51.6 Å². The first-order chi connectivity index (χ1) is 14.2. The van der Waals surface area contributed by atoms with E-state index in [1.54, 1.807) is 0 Å². The summed E-state index contributed by atoms with van der Waals surface area (Å²) in [6, 6.07) is 7.55. The number of ether oxygens (including phenoxy) is 2. The number of imide groups is 1. The minimum Gasteiger partial charge on any atom is -0.494 e. The molecule has 1 atom stereocenters. The van der Waals surface area contributed by atoms with Crippen LogP contribution in [0.4, 0.5) is 0 Å². The third-order valence-corrected chi connectivity index (χ3v) is 5.84. The maximum Gasteiger partial charge on any atom is 0.277 e. The third kappa shape index (κ3) is 4.17. The molecule has 1 aromatic rings. The molecule has 4 rings (SSSR count). The summed E-state index contributed by atoms with van der Waals surface area (Å²) in [5.41, 5.74) is 1.87. The van der Waals surface area contributed by atoms with Gasteiger partial charge in [-0.3, -0.25) is 14.5 Å². The lowest BCUT2D eigenvalue weighted by molar-refractivity contribution is -0.139. The van der Waals surface area contributed by atoms with Gasteiger partial charge < -0.3 is 14.4 Å². The molecule has 1 unspecified atom stereocenters. The van der Waals surface area contributed by atoms with Gasteiger partial charge in [-0.05, 0) is 56.2 Å².